The minimum absolute atomic E-state index is 0.0838. The molecule has 0 heterocycles. The highest BCUT2D eigenvalue weighted by atomic mass is 32.2. The van der Waals surface area contributed by atoms with Gasteiger partial charge in [0.2, 0.25) is 0 Å². The Hall–Kier alpha value is -2.38. The van der Waals surface area contributed by atoms with Crippen LogP contribution in [0, 0.1) is 0 Å². The summed E-state index contributed by atoms with van der Waals surface area (Å²) >= 11 is 0. The van der Waals surface area contributed by atoms with Crippen LogP contribution in [0.4, 0.5) is 0 Å². The predicted molar refractivity (Wildman–Crippen MR) is 131 cm³/mol. The number of nitrogens with zero attached hydrogens (tertiary/aromatic N) is 1. The largest absolute Gasteiger partial charge is 0.497 e. The Morgan fingerprint density at radius 3 is 2.00 bits per heavy atom. The average molecular weight is 476 g/mol. The minimum atomic E-state index is -3.98. The minimum Gasteiger partial charge on any atom is -0.497 e. The summed E-state index contributed by atoms with van der Waals surface area (Å²) in [5.41, 5.74) is 1.10. The first-order valence-corrected chi connectivity index (χ1v) is 13.0. The lowest BCUT2D eigenvalue weighted by Gasteiger charge is -2.39. The molecule has 0 aromatic heterocycles. The molecule has 0 bridgehead atoms. The van der Waals surface area contributed by atoms with E-state index >= 15 is 0 Å². The van der Waals surface area contributed by atoms with E-state index in [0.717, 1.165) is 5.56 Å². The summed E-state index contributed by atoms with van der Waals surface area (Å²) in [5.74, 6) is -0.159. The summed E-state index contributed by atoms with van der Waals surface area (Å²) in [4.78, 5) is 15.4. The second-order valence-electron chi connectivity index (χ2n) is 8.68. The van der Waals surface area contributed by atoms with E-state index in [0.29, 0.717) is 12.2 Å². The van der Waals surface area contributed by atoms with Crippen molar-refractivity contribution in [2.45, 2.75) is 75.7 Å². The van der Waals surface area contributed by atoms with Crippen LogP contribution in [0.25, 0.3) is 0 Å². The third kappa shape index (κ3) is 7.05. The van der Waals surface area contributed by atoms with Crippen molar-refractivity contribution in [2.75, 3.05) is 13.7 Å². The van der Waals surface area contributed by atoms with Gasteiger partial charge in [-0.05, 0) is 77.3 Å². The lowest BCUT2D eigenvalue weighted by atomic mass is 9.97. The molecule has 0 amide bonds. The fraction of sp³-hybridized carbons (Fsp3) is 0.500. The van der Waals surface area contributed by atoms with Crippen molar-refractivity contribution in [2.24, 2.45) is 0 Å². The number of methoxy groups -OCH3 is 1. The number of hydrogen-bond acceptors (Lipinski definition) is 6. The van der Waals surface area contributed by atoms with Gasteiger partial charge in [-0.1, -0.05) is 30.3 Å². The number of rotatable bonds is 12. The Labute approximate surface area is 198 Å². The van der Waals surface area contributed by atoms with Crippen LogP contribution < -0.4 is 4.74 Å². The number of benzene rings is 2. The molecule has 0 saturated carbocycles. The van der Waals surface area contributed by atoms with Gasteiger partial charge in [0.25, 0.3) is 0 Å². The maximum absolute atomic E-state index is 13.6. The first-order chi connectivity index (χ1) is 15.6. The van der Waals surface area contributed by atoms with E-state index < -0.39 is 21.1 Å². The van der Waals surface area contributed by atoms with Gasteiger partial charge in [0.1, 0.15) is 5.75 Å². The molecule has 0 fully saturated rings. The highest BCUT2D eigenvalue weighted by Crippen LogP contribution is 2.27. The van der Waals surface area contributed by atoms with Crippen molar-refractivity contribution in [3.8, 4) is 5.75 Å². The predicted octanol–water partition coefficient (Wildman–Crippen LogP) is 4.52. The molecule has 0 N–H and O–H groups in total. The third-order valence-electron chi connectivity index (χ3n) is 5.73. The third-order valence-corrected chi connectivity index (χ3v) is 7.79. The molecule has 2 unspecified atom stereocenters. The molecule has 0 aliphatic heterocycles. The van der Waals surface area contributed by atoms with Crippen molar-refractivity contribution in [1.82, 2.24) is 4.90 Å². The Balaban J connectivity index is 2.50. The lowest BCUT2D eigenvalue weighted by molar-refractivity contribution is -0.143. The summed E-state index contributed by atoms with van der Waals surface area (Å²) in [7, 11) is -2.46. The molecule has 2 atom stereocenters. The van der Waals surface area contributed by atoms with E-state index in [1.54, 1.807) is 19.1 Å². The number of ether oxygens (including phenoxy) is 2. The van der Waals surface area contributed by atoms with E-state index in [1.165, 1.54) is 19.2 Å². The van der Waals surface area contributed by atoms with Crippen LogP contribution >= 0.6 is 0 Å². The van der Waals surface area contributed by atoms with Crippen LogP contribution in [0.1, 0.15) is 46.6 Å². The molecule has 0 radical (unpaired) electrons. The Kier molecular flexibility index (Phi) is 9.92. The SMILES string of the molecule is CCOC(=O)C(CC(Cc1ccccc1)N(C(C)C)C(C)C)S(=O)(=O)c1ccc(OC)cc1. The van der Waals surface area contributed by atoms with Gasteiger partial charge in [-0.2, -0.15) is 0 Å². The maximum Gasteiger partial charge on any atom is 0.324 e. The van der Waals surface area contributed by atoms with Gasteiger partial charge in [-0.25, -0.2) is 8.42 Å². The number of esters is 1. The second kappa shape index (κ2) is 12.2. The number of sulfone groups is 1. The maximum atomic E-state index is 13.6. The Morgan fingerprint density at radius 1 is 0.939 bits per heavy atom. The van der Waals surface area contributed by atoms with Gasteiger partial charge < -0.3 is 9.47 Å². The van der Waals surface area contributed by atoms with E-state index in [9.17, 15) is 13.2 Å². The first-order valence-electron chi connectivity index (χ1n) is 11.5. The monoisotopic (exact) mass is 475 g/mol. The van der Waals surface area contributed by atoms with Crippen molar-refractivity contribution in [3.05, 3.63) is 60.2 Å². The topological polar surface area (TPSA) is 72.9 Å². The molecule has 2 rings (SSSR count). The highest BCUT2D eigenvalue weighted by Gasteiger charge is 2.39. The Morgan fingerprint density at radius 2 is 1.52 bits per heavy atom. The second-order valence-corrected chi connectivity index (χ2v) is 10.8. The molecule has 2 aromatic carbocycles. The van der Waals surface area contributed by atoms with Gasteiger partial charge >= 0.3 is 5.97 Å². The van der Waals surface area contributed by atoms with Crippen LogP contribution in [0.3, 0.4) is 0 Å². The zero-order valence-corrected chi connectivity index (χ0v) is 21.3. The van der Waals surface area contributed by atoms with Gasteiger partial charge in [-0.15, -0.1) is 0 Å². The molecule has 2 aromatic rings. The first kappa shape index (κ1) is 26.9. The van der Waals surface area contributed by atoms with Crippen LogP contribution in [-0.2, 0) is 25.8 Å². The normalized spacial score (nSPS) is 13.8. The van der Waals surface area contributed by atoms with Gasteiger partial charge in [0.05, 0.1) is 18.6 Å². The van der Waals surface area contributed by atoms with Crippen LogP contribution in [-0.4, -0.2) is 56.4 Å². The van der Waals surface area contributed by atoms with Crippen molar-refractivity contribution in [3.63, 3.8) is 0 Å². The summed E-state index contributed by atoms with van der Waals surface area (Å²) in [6.45, 7) is 10.2. The van der Waals surface area contributed by atoms with Crippen molar-refractivity contribution < 1.29 is 22.7 Å². The molecular weight excluding hydrogens is 438 g/mol. The molecule has 0 aliphatic rings. The standard InChI is InChI=1S/C26H37NO5S/c1-7-32-26(28)25(33(29,30)24-15-13-23(31-6)14-16-24)18-22(27(19(2)3)20(4)5)17-21-11-9-8-10-12-21/h8-16,19-20,22,25H,7,17-18H2,1-6H3. The van der Waals surface area contributed by atoms with Crippen molar-refractivity contribution >= 4 is 15.8 Å². The molecule has 33 heavy (non-hydrogen) atoms. The number of carbonyl (C=O) groups is 1. The fourth-order valence-electron chi connectivity index (χ4n) is 4.40. The van der Waals surface area contributed by atoms with Crippen LogP contribution in [0.5, 0.6) is 5.75 Å². The molecule has 0 saturated heterocycles. The van der Waals surface area contributed by atoms with Crippen LogP contribution in [0.2, 0.25) is 0 Å². The van der Waals surface area contributed by atoms with Crippen molar-refractivity contribution in [1.29, 1.82) is 0 Å². The van der Waals surface area contributed by atoms with Crippen LogP contribution in [0.15, 0.2) is 59.5 Å². The number of carbonyl (C=O) groups excluding carboxylic acids is 1. The molecule has 7 heteroatoms. The van der Waals surface area contributed by atoms with Gasteiger partial charge in [0.15, 0.2) is 15.1 Å². The smallest absolute Gasteiger partial charge is 0.324 e. The van der Waals surface area contributed by atoms with E-state index in [-0.39, 0.29) is 36.0 Å². The summed E-state index contributed by atoms with van der Waals surface area (Å²) < 4.78 is 37.7. The zero-order valence-electron chi connectivity index (χ0n) is 20.5. The quantitative estimate of drug-likeness (QED) is 0.420. The highest BCUT2D eigenvalue weighted by molar-refractivity contribution is 7.92. The molecule has 6 nitrogen and oxygen atoms in total. The molecule has 182 valence electrons. The average Bonchev–Trinajstić information content (AvgIpc) is 2.77. The van der Waals surface area contributed by atoms with E-state index in [4.69, 9.17) is 9.47 Å². The molecule has 0 aliphatic carbocycles. The summed E-state index contributed by atoms with van der Waals surface area (Å²) in [6, 6.07) is 16.3. The lowest BCUT2D eigenvalue weighted by Crippen LogP contribution is -2.49. The van der Waals surface area contributed by atoms with E-state index in [1.807, 2.05) is 30.3 Å². The van der Waals surface area contributed by atoms with Gasteiger partial charge in [0, 0.05) is 18.1 Å². The Bertz CT molecular complexity index is 964. The fourth-order valence-corrected chi connectivity index (χ4v) is 6.04. The zero-order chi connectivity index (χ0) is 24.6. The summed E-state index contributed by atoms with van der Waals surface area (Å²) in [5, 5.41) is -1.31. The molecule has 0 spiro atoms. The molecular formula is C26H37NO5S. The van der Waals surface area contributed by atoms with E-state index in [2.05, 4.69) is 32.6 Å². The number of hydrogen-bond donors (Lipinski definition) is 0. The van der Waals surface area contributed by atoms with Gasteiger partial charge in [-0.3, -0.25) is 9.69 Å². The summed E-state index contributed by atoms with van der Waals surface area (Å²) in [6.07, 6.45) is 0.768.